The van der Waals surface area contributed by atoms with Crippen molar-refractivity contribution in [1.29, 1.82) is 0 Å². The molecule has 0 aliphatic heterocycles. The maximum atomic E-state index is 12.7. The molecule has 0 saturated carbocycles. The molecule has 0 spiro atoms. The lowest BCUT2D eigenvalue weighted by Crippen LogP contribution is -2.34. The number of amides is 1. The summed E-state index contributed by atoms with van der Waals surface area (Å²) in [4.78, 5) is 24.0. The van der Waals surface area contributed by atoms with Crippen LogP contribution in [-0.4, -0.2) is 49.4 Å². The van der Waals surface area contributed by atoms with Gasteiger partial charge in [-0.1, -0.05) is 12.1 Å². The molecular weight excluding hydrogens is 370 g/mol. The van der Waals surface area contributed by atoms with E-state index in [0.717, 1.165) is 9.87 Å². The Balaban J connectivity index is 2.13. The largest absolute Gasteiger partial charge is 0.461 e. The third-order valence-electron chi connectivity index (χ3n) is 3.84. The highest BCUT2D eigenvalue weighted by Gasteiger charge is 2.26. The van der Waals surface area contributed by atoms with E-state index in [1.165, 1.54) is 23.9 Å². The molecule has 1 heterocycles. The Bertz CT molecular complexity index is 950. The molecular formula is C18H23N3O5S. The van der Waals surface area contributed by atoms with Gasteiger partial charge in [-0.25, -0.2) is 13.2 Å². The third kappa shape index (κ3) is 4.95. The SMILES string of the molecule is CCOC(=O)c1cc(S(=O)(=O)N(C)CC(=O)Nc2cccc(C)c2)cn1C. The number of ether oxygens (including phenoxy) is 1. The lowest BCUT2D eigenvalue weighted by Gasteiger charge is -2.16. The van der Waals surface area contributed by atoms with Gasteiger partial charge in [0.1, 0.15) is 10.6 Å². The number of carbonyl (C=O) groups is 2. The number of benzene rings is 1. The van der Waals surface area contributed by atoms with E-state index in [4.69, 9.17) is 4.74 Å². The van der Waals surface area contributed by atoms with Gasteiger partial charge in [0.25, 0.3) is 0 Å². The van der Waals surface area contributed by atoms with Crippen LogP contribution in [0, 0.1) is 6.92 Å². The van der Waals surface area contributed by atoms with Gasteiger partial charge in [0.15, 0.2) is 0 Å². The molecule has 9 heteroatoms. The van der Waals surface area contributed by atoms with Crippen molar-refractivity contribution >= 4 is 27.6 Å². The van der Waals surface area contributed by atoms with Crippen LogP contribution in [0.1, 0.15) is 23.0 Å². The fraction of sp³-hybridized carbons (Fsp3) is 0.333. The number of hydrogen-bond acceptors (Lipinski definition) is 5. The number of hydrogen-bond donors (Lipinski definition) is 1. The quantitative estimate of drug-likeness (QED) is 0.723. The van der Waals surface area contributed by atoms with Gasteiger partial charge < -0.3 is 14.6 Å². The molecule has 0 atom stereocenters. The first kappa shape index (κ1) is 20.7. The number of aromatic nitrogens is 1. The molecule has 0 bridgehead atoms. The molecule has 1 N–H and O–H groups in total. The summed E-state index contributed by atoms with van der Waals surface area (Å²) in [6, 6.07) is 8.44. The summed E-state index contributed by atoms with van der Waals surface area (Å²) >= 11 is 0. The smallest absolute Gasteiger partial charge is 0.354 e. The second-order valence-electron chi connectivity index (χ2n) is 6.07. The summed E-state index contributed by atoms with van der Waals surface area (Å²) in [6.45, 7) is 3.38. The summed E-state index contributed by atoms with van der Waals surface area (Å²) in [5, 5.41) is 2.66. The van der Waals surface area contributed by atoms with Crippen molar-refractivity contribution in [3.8, 4) is 0 Å². The van der Waals surface area contributed by atoms with Gasteiger partial charge in [0, 0.05) is 26.0 Å². The number of nitrogens with one attached hydrogen (secondary N) is 1. The number of esters is 1. The number of carbonyl (C=O) groups excluding carboxylic acids is 2. The summed E-state index contributed by atoms with van der Waals surface area (Å²) in [5.41, 5.74) is 1.69. The number of likely N-dealkylation sites (N-methyl/N-ethyl adjacent to an activating group) is 1. The fourth-order valence-electron chi connectivity index (χ4n) is 2.47. The molecule has 2 rings (SSSR count). The van der Waals surface area contributed by atoms with Gasteiger partial charge in [-0.2, -0.15) is 4.31 Å². The summed E-state index contributed by atoms with van der Waals surface area (Å²) in [5.74, 6) is -1.07. The number of aryl methyl sites for hydroxylation is 2. The zero-order chi connectivity index (χ0) is 20.2. The number of rotatable bonds is 7. The molecule has 0 saturated heterocycles. The van der Waals surface area contributed by atoms with Crippen LogP contribution in [0.3, 0.4) is 0 Å². The van der Waals surface area contributed by atoms with Crippen LogP contribution >= 0.6 is 0 Å². The van der Waals surface area contributed by atoms with Crippen LogP contribution in [0.5, 0.6) is 0 Å². The Kier molecular flexibility index (Phi) is 6.40. The van der Waals surface area contributed by atoms with Crippen molar-refractivity contribution in [3.63, 3.8) is 0 Å². The molecule has 0 aliphatic carbocycles. The minimum Gasteiger partial charge on any atom is -0.461 e. The first-order chi connectivity index (χ1) is 12.6. The van der Waals surface area contributed by atoms with E-state index in [1.807, 2.05) is 13.0 Å². The highest BCUT2D eigenvalue weighted by molar-refractivity contribution is 7.89. The van der Waals surface area contributed by atoms with Gasteiger partial charge in [-0.15, -0.1) is 0 Å². The fourth-order valence-corrected chi connectivity index (χ4v) is 3.67. The van der Waals surface area contributed by atoms with Crippen molar-refractivity contribution in [2.24, 2.45) is 7.05 Å². The normalized spacial score (nSPS) is 11.4. The van der Waals surface area contributed by atoms with E-state index >= 15 is 0 Å². The highest BCUT2D eigenvalue weighted by Crippen LogP contribution is 2.18. The van der Waals surface area contributed by atoms with Crippen LogP contribution in [0.2, 0.25) is 0 Å². The van der Waals surface area contributed by atoms with E-state index in [1.54, 1.807) is 32.2 Å². The monoisotopic (exact) mass is 393 g/mol. The number of nitrogens with zero attached hydrogens (tertiary/aromatic N) is 2. The van der Waals surface area contributed by atoms with Crippen LogP contribution in [0.25, 0.3) is 0 Å². The minimum absolute atomic E-state index is 0.0843. The molecule has 0 radical (unpaired) electrons. The van der Waals surface area contributed by atoms with Gasteiger partial charge in [0.2, 0.25) is 15.9 Å². The third-order valence-corrected chi connectivity index (χ3v) is 5.61. The summed E-state index contributed by atoms with van der Waals surface area (Å²) in [7, 11) is -1.08. The van der Waals surface area contributed by atoms with Gasteiger partial charge in [-0.3, -0.25) is 4.79 Å². The molecule has 8 nitrogen and oxygen atoms in total. The van der Waals surface area contributed by atoms with Crippen LogP contribution in [0.15, 0.2) is 41.4 Å². The Labute approximate surface area is 158 Å². The molecule has 2 aromatic rings. The molecule has 0 unspecified atom stereocenters. The zero-order valence-electron chi connectivity index (χ0n) is 15.7. The number of sulfonamides is 1. The van der Waals surface area contributed by atoms with E-state index < -0.39 is 21.9 Å². The average molecular weight is 393 g/mol. The lowest BCUT2D eigenvalue weighted by molar-refractivity contribution is -0.116. The van der Waals surface area contributed by atoms with Crippen LogP contribution in [0.4, 0.5) is 5.69 Å². The predicted molar refractivity (Wildman–Crippen MR) is 101 cm³/mol. The highest BCUT2D eigenvalue weighted by atomic mass is 32.2. The van der Waals surface area contributed by atoms with E-state index in [-0.39, 0.29) is 23.7 Å². The molecule has 1 aromatic carbocycles. The molecule has 27 heavy (non-hydrogen) atoms. The Morgan fingerprint density at radius 2 is 1.96 bits per heavy atom. The second kappa shape index (κ2) is 8.36. The molecule has 146 valence electrons. The minimum atomic E-state index is -3.94. The van der Waals surface area contributed by atoms with Crippen LogP contribution < -0.4 is 5.32 Å². The Morgan fingerprint density at radius 1 is 1.26 bits per heavy atom. The second-order valence-corrected chi connectivity index (χ2v) is 8.12. The molecule has 0 fully saturated rings. The van der Waals surface area contributed by atoms with Crippen LogP contribution in [-0.2, 0) is 26.6 Å². The summed E-state index contributed by atoms with van der Waals surface area (Å²) < 4.78 is 32.6. The van der Waals surface area contributed by atoms with Gasteiger partial charge >= 0.3 is 5.97 Å². The van der Waals surface area contributed by atoms with E-state index in [2.05, 4.69) is 5.32 Å². The standard InChI is InChI=1S/C18H23N3O5S/c1-5-26-18(23)16-10-15(11-20(16)3)27(24,25)21(4)12-17(22)19-14-8-6-7-13(2)9-14/h6-11H,5,12H2,1-4H3,(H,19,22). The van der Waals surface area contributed by atoms with Crippen molar-refractivity contribution in [2.45, 2.75) is 18.7 Å². The van der Waals surface area contributed by atoms with Crippen molar-refractivity contribution < 1.29 is 22.7 Å². The lowest BCUT2D eigenvalue weighted by atomic mass is 10.2. The van der Waals surface area contributed by atoms with Gasteiger partial charge in [0.05, 0.1) is 13.2 Å². The Morgan fingerprint density at radius 3 is 2.59 bits per heavy atom. The molecule has 0 aliphatic rings. The first-order valence-corrected chi connectivity index (χ1v) is 9.75. The Hall–Kier alpha value is -2.65. The topological polar surface area (TPSA) is 97.7 Å². The van der Waals surface area contributed by atoms with Crippen molar-refractivity contribution in [1.82, 2.24) is 8.87 Å². The van der Waals surface area contributed by atoms with Crippen molar-refractivity contribution in [3.05, 3.63) is 47.8 Å². The molecule has 1 amide bonds. The maximum Gasteiger partial charge on any atom is 0.354 e. The number of anilines is 1. The predicted octanol–water partition coefficient (Wildman–Crippen LogP) is 1.77. The van der Waals surface area contributed by atoms with Crippen molar-refractivity contribution in [2.75, 3.05) is 25.5 Å². The van der Waals surface area contributed by atoms with Gasteiger partial charge in [-0.05, 0) is 37.6 Å². The first-order valence-electron chi connectivity index (χ1n) is 8.31. The van der Waals surface area contributed by atoms with E-state index in [9.17, 15) is 18.0 Å². The maximum absolute atomic E-state index is 12.7. The van der Waals surface area contributed by atoms with E-state index in [0.29, 0.717) is 5.69 Å². The summed E-state index contributed by atoms with van der Waals surface area (Å²) in [6.07, 6.45) is 1.32. The average Bonchev–Trinajstić information content (AvgIpc) is 2.97. The zero-order valence-corrected chi connectivity index (χ0v) is 16.5. The molecule has 1 aromatic heterocycles.